The van der Waals surface area contributed by atoms with Crippen LogP contribution in [0.25, 0.3) is 5.69 Å². The minimum Gasteiger partial charge on any atom is -0.508 e. The van der Waals surface area contributed by atoms with Crippen molar-refractivity contribution in [3.8, 4) is 11.4 Å². The molecule has 0 fully saturated rings. The van der Waals surface area contributed by atoms with Gasteiger partial charge in [0.05, 0.1) is 5.69 Å². The summed E-state index contributed by atoms with van der Waals surface area (Å²) in [5.41, 5.74) is 1.18. The van der Waals surface area contributed by atoms with E-state index in [4.69, 9.17) is 0 Å². The van der Waals surface area contributed by atoms with Crippen molar-refractivity contribution in [3.05, 3.63) is 59.7 Å². The van der Waals surface area contributed by atoms with E-state index in [1.165, 1.54) is 40.7 Å². The summed E-state index contributed by atoms with van der Waals surface area (Å²) in [5, 5.41) is 21.1. The lowest BCUT2D eigenvalue weighted by atomic mass is 10.2. The molecule has 3 aromatic rings. The molecule has 8 heteroatoms. The fourth-order valence-electron chi connectivity index (χ4n) is 1.87. The van der Waals surface area contributed by atoms with Gasteiger partial charge in [-0.3, -0.25) is 0 Å². The van der Waals surface area contributed by atoms with Gasteiger partial charge in [-0.25, -0.2) is 8.78 Å². The van der Waals surface area contributed by atoms with Gasteiger partial charge in [-0.05, 0) is 52.4 Å². The Morgan fingerprint density at radius 1 is 1.05 bits per heavy atom. The van der Waals surface area contributed by atoms with Gasteiger partial charge in [-0.1, -0.05) is 11.8 Å². The number of rotatable bonds is 4. The van der Waals surface area contributed by atoms with Gasteiger partial charge in [0.25, 0.3) is 0 Å². The van der Waals surface area contributed by atoms with E-state index in [0.717, 1.165) is 6.07 Å². The molecule has 0 spiro atoms. The summed E-state index contributed by atoms with van der Waals surface area (Å²) >= 11 is 1.25. The summed E-state index contributed by atoms with van der Waals surface area (Å²) in [6.07, 6.45) is 0. The van der Waals surface area contributed by atoms with Crippen molar-refractivity contribution in [2.75, 3.05) is 0 Å². The van der Waals surface area contributed by atoms with E-state index in [2.05, 4.69) is 15.5 Å². The van der Waals surface area contributed by atoms with Crippen molar-refractivity contribution in [1.29, 1.82) is 0 Å². The van der Waals surface area contributed by atoms with Crippen molar-refractivity contribution in [2.45, 2.75) is 10.9 Å². The Morgan fingerprint density at radius 3 is 2.41 bits per heavy atom. The Labute approximate surface area is 128 Å². The fourth-order valence-corrected chi connectivity index (χ4v) is 2.69. The van der Waals surface area contributed by atoms with E-state index in [0.29, 0.717) is 22.2 Å². The highest BCUT2D eigenvalue weighted by molar-refractivity contribution is 7.98. The molecule has 0 amide bonds. The zero-order chi connectivity index (χ0) is 15.5. The Balaban J connectivity index is 1.79. The maximum Gasteiger partial charge on any atom is 0.214 e. The number of benzene rings is 2. The quantitative estimate of drug-likeness (QED) is 0.749. The summed E-state index contributed by atoms with van der Waals surface area (Å²) in [6, 6.07) is 9.74. The van der Waals surface area contributed by atoms with Crippen molar-refractivity contribution in [2.24, 2.45) is 0 Å². The number of hydrogen-bond acceptors (Lipinski definition) is 5. The molecule has 0 atom stereocenters. The lowest BCUT2D eigenvalue weighted by Gasteiger charge is -2.05. The van der Waals surface area contributed by atoms with Gasteiger partial charge in [0.2, 0.25) is 5.16 Å². The van der Waals surface area contributed by atoms with E-state index in [9.17, 15) is 13.9 Å². The van der Waals surface area contributed by atoms with E-state index in [-0.39, 0.29) is 5.75 Å². The number of tetrazole rings is 1. The molecule has 0 aliphatic rings. The van der Waals surface area contributed by atoms with Crippen molar-refractivity contribution >= 4 is 11.8 Å². The third-order valence-electron chi connectivity index (χ3n) is 2.83. The minimum atomic E-state index is -0.617. The van der Waals surface area contributed by atoms with E-state index < -0.39 is 11.6 Å². The largest absolute Gasteiger partial charge is 0.508 e. The van der Waals surface area contributed by atoms with Gasteiger partial charge in [0.15, 0.2) is 0 Å². The van der Waals surface area contributed by atoms with Gasteiger partial charge in [-0.15, -0.1) is 5.10 Å². The van der Waals surface area contributed by atoms with Crippen LogP contribution in [-0.2, 0) is 5.75 Å². The van der Waals surface area contributed by atoms with Gasteiger partial charge in [0.1, 0.15) is 17.4 Å². The lowest BCUT2D eigenvalue weighted by Crippen LogP contribution is -1.99. The second-order valence-corrected chi connectivity index (χ2v) is 5.40. The topological polar surface area (TPSA) is 63.8 Å². The molecule has 3 rings (SSSR count). The smallest absolute Gasteiger partial charge is 0.214 e. The summed E-state index contributed by atoms with van der Waals surface area (Å²) < 4.78 is 27.8. The van der Waals surface area contributed by atoms with Crippen molar-refractivity contribution < 1.29 is 13.9 Å². The molecule has 0 aliphatic carbocycles. The van der Waals surface area contributed by atoms with Gasteiger partial charge in [0, 0.05) is 11.8 Å². The summed E-state index contributed by atoms with van der Waals surface area (Å²) in [4.78, 5) is 0. The molecule has 2 aromatic carbocycles. The van der Waals surface area contributed by atoms with Crippen molar-refractivity contribution in [3.63, 3.8) is 0 Å². The standard InChI is InChI=1S/C14H10F2N4OS/c15-10-5-9(6-11(16)7-10)8-22-14-17-18-19-20(14)12-1-3-13(21)4-2-12/h1-7,21H,8H2. The summed E-state index contributed by atoms with van der Waals surface area (Å²) in [7, 11) is 0. The number of aromatic hydroxyl groups is 1. The first-order chi connectivity index (χ1) is 10.6. The monoisotopic (exact) mass is 320 g/mol. The molecule has 112 valence electrons. The third kappa shape index (κ3) is 3.22. The first kappa shape index (κ1) is 14.5. The van der Waals surface area contributed by atoms with Crippen LogP contribution in [0, 0.1) is 11.6 Å². The summed E-state index contributed by atoms with van der Waals surface area (Å²) in [5.74, 6) is -0.767. The van der Waals surface area contributed by atoms with Crippen LogP contribution in [0.5, 0.6) is 5.75 Å². The Kier molecular flexibility index (Phi) is 4.01. The molecular weight excluding hydrogens is 310 g/mol. The van der Waals surface area contributed by atoms with E-state index in [1.807, 2.05) is 0 Å². The molecule has 1 heterocycles. The number of phenolic OH excluding ortho intramolecular Hbond substituents is 1. The molecule has 1 N–H and O–H groups in total. The molecule has 0 unspecified atom stereocenters. The number of phenols is 1. The van der Waals surface area contributed by atoms with Crippen LogP contribution in [0.15, 0.2) is 47.6 Å². The van der Waals surface area contributed by atoms with Crippen LogP contribution in [0.3, 0.4) is 0 Å². The van der Waals surface area contributed by atoms with Gasteiger partial charge in [-0.2, -0.15) is 4.68 Å². The van der Waals surface area contributed by atoms with Crippen molar-refractivity contribution in [1.82, 2.24) is 20.2 Å². The van der Waals surface area contributed by atoms with Crippen LogP contribution >= 0.6 is 11.8 Å². The predicted octanol–water partition coefficient (Wildman–Crippen LogP) is 2.94. The maximum absolute atomic E-state index is 13.2. The SMILES string of the molecule is Oc1ccc(-n2nnnc2SCc2cc(F)cc(F)c2)cc1. The molecule has 0 aliphatic heterocycles. The fraction of sp³-hybridized carbons (Fsp3) is 0.0714. The Bertz CT molecular complexity index is 772. The second-order valence-electron chi connectivity index (χ2n) is 4.46. The molecule has 0 bridgehead atoms. The Hall–Kier alpha value is -2.48. The number of hydrogen-bond donors (Lipinski definition) is 1. The lowest BCUT2D eigenvalue weighted by molar-refractivity contribution is 0.475. The highest BCUT2D eigenvalue weighted by atomic mass is 32.2. The zero-order valence-electron chi connectivity index (χ0n) is 11.1. The number of nitrogens with zero attached hydrogens (tertiary/aromatic N) is 4. The van der Waals surface area contributed by atoms with Crippen LogP contribution in [0.1, 0.15) is 5.56 Å². The summed E-state index contributed by atoms with van der Waals surface area (Å²) in [6.45, 7) is 0. The average Bonchev–Trinajstić information content (AvgIpc) is 2.93. The first-order valence-corrected chi connectivity index (χ1v) is 7.26. The molecule has 5 nitrogen and oxygen atoms in total. The average molecular weight is 320 g/mol. The van der Waals surface area contributed by atoms with Crippen LogP contribution in [0.2, 0.25) is 0 Å². The second kappa shape index (κ2) is 6.10. The predicted molar refractivity (Wildman–Crippen MR) is 76.7 cm³/mol. The van der Waals surface area contributed by atoms with E-state index >= 15 is 0 Å². The molecule has 1 aromatic heterocycles. The number of aromatic nitrogens is 4. The zero-order valence-corrected chi connectivity index (χ0v) is 12.0. The maximum atomic E-state index is 13.2. The van der Waals surface area contributed by atoms with Gasteiger partial charge >= 0.3 is 0 Å². The van der Waals surface area contributed by atoms with Crippen LogP contribution in [0.4, 0.5) is 8.78 Å². The molecule has 0 radical (unpaired) electrons. The highest BCUT2D eigenvalue weighted by Crippen LogP contribution is 2.24. The molecule has 0 saturated heterocycles. The number of halogens is 2. The third-order valence-corrected chi connectivity index (χ3v) is 3.82. The molecule has 0 saturated carbocycles. The molecule has 22 heavy (non-hydrogen) atoms. The minimum absolute atomic E-state index is 0.140. The van der Waals surface area contributed by atoms with Gasteiger partial charge < -0.3 is 5.11 Å². The number of thioether (sulfide) groups is 1. The van der Waals surface area contributed by atoms with Crippen LogP contribution < -0.4 is 0 Å². The van der Waals surface area contributed by atoms with E-state index in [1.54, 1.807) is 12.1 Å². The normalized spacial score (nSPS) is 10.8. The Morgan fingerprint density at radius 2 is 1.73 bits per heavy atom. The first-order valence-electron chi connectivity index (χ1n) is 6.27. The van der Waals surface area contributed by atoms with Crippen LogP contribution in [-0.4, -0.2) is 25.3 Å². The molecular formula is C14H10F2N4OS. The highest BCUT2D eigenvalue weighted by Gasteiger charge is 2.10.